The van der Waals surface area contributed by atoms with E-state index >= 15 is 0 Å². The van der Waals surface area contributed by atoms with Gasteiger partial charge in [-0.1, -0.05) is 6.07 Å². The molecule has 1 aromatic carbocycles. The second-order valence-corrected chi connectivity index (χ2v) is 4.43. The number of benzene rings is 1. The number of pyridine rings is 1. The highest BCUT2D eigenvalue weighted by atomic mass is 16.5. The van der Waals surface area contributed by atoms with Crippen LogP contribution < -0.4 is 14.2 Å². The van der Waals surface area contributed by atoms with Crippen molar-refractivity contribution in [2.45, 2.75) is 13.8 Å². The van der Waals surface area contributed by atoms with E-state index in [9.17, 15) is 5.26 Å². The van der Waals surface area contributed by atoms with Gasteiger partial charge in [0.1, 0.15) is 17.4 Å². The van der Waals surface area contributed by atoms with Crippen molar-refractivity contribution in [2.24, 2.45) is 0 Å². The predicted molar refractivity (Wildman–Crippen MR) is 78.0 cm³/mol. The van der Waals surface area contributed by atoms with Crippen molar-refractivity contribution in [2.75, 3.05) is 14.2 Å². The molecule has 0 N–H and O–H groups in total. The van der Waals surface area contributed by atoms with Crippen LogP contribution in [0.1, 0.15) is 17.0 Å². The van der Waals surface area contributed by atoms with Crippen molar-refractivity contribution in [3.8, 4) is 29.1 Å². The lowest BCUT2D eigenvalue weighted by Crippen LogP contribution is -1.99. The van der Waals surface area contributed by atoms with Crippen molar-refractivity contribution < 1.29 is 14.2 Å². The van der Waals surface area contributed by atoms with Crippen LogP contribution in [0.4, 0.5) is 0 Å². The number of aryl methyl sites for hydroxylation is 2. The maximum Gasteiger partial charge on any atom is 0.211 e. The third-order valence-corrected chi connectivity index (χ3v) is 3.00. The summed E-state index contributed by atoms with van der Waals surface area (Å²) in [5.74, 6) is 1.94. The Hall–Kier alpha value is -2.74. The van der Waals surface area contributed by atoms with E-state index in [4.69, 9.17) is 14.2 Å². The molecule has 5 heteroatoms. The molecule has 0 aliphatic rings. The molecular formula is C16H16N2O3. The first-order valence-corrected chi connectivity index (χ1v) is 6.38. The van der Waals surface area contributed by atoms with E-state index in [0.717, 1.165) is 5.69 Å². The lowest BCUT2D eigenvalue weighted by Gasteiger charge is -2.15. The highest BCUT2D eigenvalue weighted by molar-refractivity contribution is 5.56. The van der Waals surface area contributed by atoms with E-state index in [2.05, 4.69) is 11.1 Å². The minimum atomic E-state index is 0.397. The number of nitrogens with zero attached hydrogens (tertiary/aromatic N) is 2. The molecule has 0 saturated heterocycles. The number of hydrogen-bond donors (Lipinski definition) is 0. The summed E-state index contributed by atoms with van der Waals surface area (Å²) in [6.07, 6.45) is 0. The van der Waals surface area contributed by atoms with E-state index in [-0.39, 0.29) is 0 Å². The van der Waals surface area contributed by atoms with Crippen LogP contribution in [0.3, 0.4) is 0 Å². The van der Waals surface area contributed by atoms with Crippen molar-refractivity contribution in [1.29, 1.82) is 5.26 Å². The predicted octanol–water partition coefficient (Wildman–Crippen LogP) is 3.38. The number of para-hydroxylation sites is 1. The molecule has 0 aliphatic carbocycles. The molecular weight excluding hydrogens is 268 g/mol. The Bertz CT molecular complexity index is 683. The number of aromatic nitrogens is 1. The molecule has 21 heavy (non-hydrogen) atoms. The fraction of sp³-hybridized carbons (Fsp3) is 0.250. The average Bonchev–Trinajstić information content (AvgIpc) is 2.47. The zero-order valence-electron chi connectivity index (χ0n) is 12.4. The quantitative estimate of drug-likeness (QED) is 0.861. The van der Waals surface area contributed by atoms with Gasteiger partial charge in [0.25, 0.3) is 0 Å². The summed E-state index contributed by atoms with van der Waals surface area (Å²) >= 11 is 0. The summed E-state index contributed by atoms with van der Waals surface area (Å²) < 4.78 is 16.5. The van der Waals surface area contributed by atoms with Crippen LogP contribution in [0.2, 0.25) is 0 Å². The highest BCUT2D eigenvalue weighted by Crippen LogP contribution is 2.41. The summed E-state index contributed by atoms with van der Waals surface area (Å²) in [6, 6.07) is 9.18. The molecule has 108 valence electrons. The second-order valence-electron chi connectivity index (χ2n) is 4.43. The summed E-state index contributed by atoms with van der Waals surface area (Å²) in [5.41, 5.74) is 1.80. The minimum absolute atomic E-state index is 0.397. The van der Waals surface area contributed by atoms with Gasteiger partial charge < -0.3 is 14.2 Å². The van der Waals surface area contributed by atoms with Crippen molar-refractivity contribution in [3.05, 3.63) is 41.2 Å². The lowest BCUT2D eigenvalue weighted by molar-refractivity contribution is 0.345. The number of ether oxygens (including phenoxy) is 3. The first-order chi connectivity index (χ1) is 10.1. The maximum atomic E-state index is 9.29. The van der Waals surface area contributed by atoms with Crippen LogP contribution >= 0.6 is 0 Å². The first-order valence-electron chi connectivity index (χ1n) is 6.38. The number of hydrogen-bond acceptors (Lipinski definition) is 5. The fourth-order valence-electron chi connectivity index (χ4n) is 2.04. The Labute approximate surface area is 123 Å². The maximum absolute atomic E-state index is 9.29. The van der Waals surface area contributed by atoms with Crippen molar-refractivity contribution >= 4 is 0 Å². The van der Waals surface area contributed by atoms with Crippen molar-refractivity contribution in [1.82, 2.24) is 4.98 Å². The topological polar surface area (TPSA) is 64.4 Å². The summed E-state index contributed by atoms with van der Waals surface area (Å²) in [5, 5.41) is 9.29. The van der Waals surface area contributed by atoms with Gasteiger partial charge >= 0.3 is 0 Å². The molecule has 2 rings (SSSR count). The summed E-state index contributed by atoms with van der Waals surface area (Å²) in [6.45, 7) is 3.62. The SMILES string of the molecule is COc1cccc(OC)c1Oc1cc(C)nc(C)c1C#N. The van der Waals surface area contributed by atoms with E-state index in [0.29, 0.717) is 34.3 Å². The van der Waals surface area contributed by atoms with Gasteiger partial charge in [0.2, 0.25) is 5.75 Å². The normalized spacial score (nSPS) is 9.86. The van der Waals surface area contributed by atoms with Gasteiger partial charge in [-0.3, -0.25) is 4.98 Å². The summed E-state index contributed by atoms with van der Waals surface area (Å²) in [4.78, 5) is 4.27. The third-order valence-electron chi connectivity index (χ3n) is 3.00. The van der Waals surface area contributed by atoms with E-state index in [1.54, 1.807) is 45.4 Å². The zero-order valence-corrected chi connectivity index (χ0v) is 12.4. The minimum Gasteiger partial charge on any atom is -0.493 e. The van der Waals surface area contributed by atoms with Crippen LogP contribution in [0.5, 0.6) is 23.0 Å². The average molecular weight is 284 g/mol. The van der Waals surface area contributed by atoms with Gasteiger partial charge in [-0.2, -0.15) is 5.26 Å². The van der Waals surface area contributed by atoms with Crippen molar-refractivity contribution in [3.63, 3.8) is 0 Å². The number of nitriles is 1. The van der Waals surface area contributed by atoms with E-state index in [1.807, 2.05) is 6.92 Å². The molecule has 1 heterocycles. The molecule has 1 aromatic heterocycles. The highest BCUT2D eigenvalue weighted by Gasteiger charge is 2.16. The van der Waals surface area contributed by atoms with Gasteiger partial charge in [0, 0.05) is 11.8 Å². The summed E-state index contributed by atoms with van der Waals surface area (Å²) in [7, 11) is 3.10. The fourth-order valence-corrected chi connectivity index (χ4v) is 2.04. The Morgan fingerprint density at radius 2 is 1.67 bits per heavy atom. The smallest absolute Gasteiger partial charge is 0.211 e. The molecule has 0 amide bonds. The number of methoxy groups -OCH3 is 2. The van der Waals surface area contributed by atoms with Gasteiger partial charge in [-0.15, -0.1) is 0 Å². The van der Waals surface area contributed by atoms with Gasteiger partial charge in [-0.05, 0) is 26.0 Å². The van der Waals surface area contributed by atoms with Crippen LogP contribution in [0.25, 0.3) is 0 Å². The largest absolute Gasteiger partial charge is 0.493 e. The van der Waals surface area contributed by atoms with Crippen LogP contribution in [0.15, 0.2) is 24.3 Å². The van der Waals surface area contributed by atoms with Crippen LogP contribution in [0, 0.1) is 25.2 Å². The van der Waals surface area contributed by atoms with E-state index in [1.165, 1.54) is 0 Å². The molecule has 0 unspecified atom stereocenters. The first kappa shape index (κ1) is 14.7. The molecule has 2 aromatic rings. The standard InChI is InChI=1S/C16H16N2O3/c1-10-8-15(12(9-17)11(2)18-10)21-16-13(19-3)6-5-7-14(16)20-4/h5-8H,1-4H3. The third kappa shape index (κ3) is 2.90. The Morgan fingerprint density at radius 1 is 1.05 bits per heavy atom. The second kappa shape index (κ2) is 6.14. The monoisotopic (exact) mass is 284 g/mol. The van der Waals surface area contributed by atoms with Crippen LogP contribution in [-0.2, 0) is 0 Å². The Morgan fingerprint density at radius 3 is 2.19 bits per heavy atom. The van der Waals surface area contributed by atoms with Gasteiger partial charge in [0.15, 0.2) is 11.5 Å². The zero-order chi connectivity index (χ0) is 15.4. The molecule has 0 fully saturated rings. The molecule has 0 spiro atoms. The van der Waals surface area contributed by atoms with Crippen LogP contribution in [-0.4, -0.2) is 19.2 Å². The molecule has 0 bridgehead atoms. The van der Waals surface area contributed by atoms with Gasteiger partial charge in [-0.25, -0.2) is 0 Å². The number of rotatable bonds is 4. The molecule has 0 radical (unpaired) electrons. The molecule has 5 nitrogen and oxygen atoms in total. The molecule has 0 atom stereocenters. The molecule has 0 saturated carbocycles. The lowest BCUT2D eigenvalue weighted by atomic mass is 10.2. The van der Waals surface area contributed by atoms with E-state index < -0.39 is 0 Å². The van der Waals surface area contributed by atoms with Gasteiger partial charge in [0.05, 0.1) is 19.9 Å². The Kier molecular flexibility index (Phi) is 4.29. The molecule has 0 aliphatic heterocycles. The Balaban J connectivity index is 2.55.